The number of benzene rings is 1. The van der Waals surface area contributed by atoms with Crippen molar-refractivity contribution in [1.29, 1.82) is 0 Å². The van der Waals surface area contributed by atoms with Gasteiger partial charge in [-0.1, -0.05) is 35.8 Å². The summed E-state index contributed by atoms with van der Waals surface area (Å²) in [6.45, 7) is 9.35. The van der Waals surface area contributed by atoms with Crippen LogP contribution in [0.1, 0.15) is 37.8 Å². The van der Waals surface area contributed by atoms with Gasteiger partial charge in [0.2, 0.25) is 0 Å². The van der Waals surface area contributed by atoms with E-state index in [4.69, 9.17) is 0 Å². The number of rotatable bonds is 2. The van der Waals surface area contributed by atoms with Crippen LogP contribution >= 0.6 is 15.9 Å². The first-order valence-corrected chi connectivity index (χ1v) is 7.54. The molecule has 1 aliphatic rings. The molecule has 17 heavy (non-hydrogen) atoms. The van der Waals surface area contributed by atoms with E-state index in [1.165, 1.54) is 42.7 Å². The Kier molecular flexibility index (Phi) is 3.82. The van der Waals surface area contributed by atoms with Gasteiger partial charge < -0.3 is 4.90 Å². The smallest absolute Gasteiger partial charge is 0.0369 e. The van der Waals surface area contributed by atoms with Crippen molar-refractivity contribution in [3.63, 3.8) is 0 Å². The first kappa shape index (κ1) is 12.9. The maximum absolute atomic E-state index is 3.53. The number of hydrogen-bond acceptors (Lipinski definition) is 1. The van der Waals surface area contributed by atoms with Gasteiger partial charge >= 0.3 is 0 Å². The van der Waals surface area contributed by atoms with Gasteiger partial charge in [-0.05, 0) is 48.4 Å². The van der Waals surface area contributed by atoms with Crippen molar-refractivity contribution in [2.24, 2.45) is 5.41 Å². The second kappa shape index (κ2) is 5.01. The number of anilines is 1. The van der Waals surface area contributed by atoms with Gasteiger partial charge in [-0.2, -0.15) is 0 Å². The van der Waals surface area contributed by atoms with E-state index >= 15 is 0 Å². The Balaban J connectivity index is 2.11. The lowest BCUT2D eigenvalue weighted by atomic mass is 9.82. The van der Waals surface area contributed by atoms with Crippen molar-refractivity contribution in [2.75, 3.05) is 18.0 Å². The van der Waals surface area contributed by atoms with Crippen molar-refractivity contribution < 1.29 is 0 Å². The van der Waals surface area contributed by atoms with E-state index in [1.54, 1.807) is 0 Å². The van der Waals surface area contributed by atoms with Crippen molar-refractivity contribution in [1.82, 2.24) is 0 Å². The average molecular weight is 296 g/mol. The molecular formula is C15H22BrN. The lowest BCUT2D eigenvalue weighted by Gasteiger charge is -2.38. The van der Waals surface area contributed by atoms with Gasteiger partial charge in [0.25, 0.3) is 0 Å². The molecule has 94 valence electrons. The maximum Gasteiger partial charge on any atom is 0.0369 e. The highest BCUT2D eigenvalue weighted by Gasteiger charge is 2.25. The minimum absolute atomic E-state index is 0.529. The number of aryl methyl sites for hydroxylation is 1. The van der Waals surface area contributed by atoms with Crippen LogP contribution in [0.3, 0.4) is 0 Å². The zero-order valence-electron chi connectivity index (χ0n) is 11.1. The molecule has 0 amide bonds. The summed E-state index contributed by atoms with van der Waals surface area (Å²) in [5.41, 5.74) is 4.71. The summed E-state index contributed by atoms with van der Waals surface area (Å²) in [4.78, 5) is 2.52. The minimum atomic E-state index is 0.529. The molecule has 1 aromatic rings. The van der Waals surface area contributed by atoms with Crippen LogP contribution in [0.2, 0.25) is 0 Å². The molecule has 0 N–H and O–H groups in total. The molecule has 1 aliphatic heterocycles. The molecule has 0 spiro atoms. The molecule has 0 radical (unpaired) electrons. The van der Waals surface area contributed by atoms with E-state index in [2.05, 4.69) is 59.8 Å². The van der Waals surface area contributed by atoms with Crippen LogP contribution in [-0.4, -0.2) is 13.1 Å². The highest BCUT2D eigenvalue weighted by Crippen LogP contribution is 2.32. The Labute approximate surface area is 113 Å². The molecule has 0 aromatic heterocycles. The Morgan fingerprint density at radius 2 is 1.88 bits per heavy atom. The average Bonchev–Trinajstić information content (AvgIpc) is 2.29. The van der Waals surface area contributed by atoms with Gasteiger partial charge in [-0.25, -0.2) is 0 Å². The molecule has 1 saturated heterocycles. The topological polar surface area (TPSA) is 3.24 Å². The lowest BCUT2D eigenvalue weighted by molar-refractivity contribution is 0.280. The first-order chi connectivity index (χ1) is 8.02. The number of alkyl halides is 1. The van der Waals surface area contributed by atoms with Crippen molar-refractivity contribution in [3.8, 4) is 0 Å². The van der Waals surface area contributed by atoms with Crippen LogP contribution in [0.5, 0.6) is 0 Å². The van der Waals surface area contributed by atoms with Gasteiger partial charge in [-0.3, -0.25) is 0 Å². The molecule has 2 rings (SSSR count). The highest BCUT2D eigenvalue weighted by atomic mass is 79.9. The molecule has 1 heterocycles. The summed E-state index contributed by atoms with van der Waals surface area (Å²) in [7, 11) is 0. The quantitative estimate of drug-likeness (QED) is 0.725. The molecule has 0 atom stereocenters. The monoisotopic (exact) mass is 295 g/mol. The van der Waals surface area contributed by atoms with E-state index in [0.29, 0.717) is 5.41 Å². The minimum Gasteiger partial charge on any atom is -0.371 e. The van der Waals surface area contributed by atoms with Gasteiger partial charge in [0.05, 0.1) is 0 Å². The van der Waals surface area contributed by atoms with E-state index in [1.807, 2.05) is 0 Å². The zero-order valence-corrected chi connectivity index (χ0v) is 12.7. The van der Waals surface area contributed by atoms with Gasteiger partial charge in [0, 0.05) is 24.1 Å². The molecule has 1 aromatic carbocycles. The molecule has 1 fully saturated rings. The number of hydrogen-bond donors (Lipinski definition) is 0. The Bertz CT molecular complexity index is 388. The second-order valence-corrected chi connectivity index (χ2v) is 6.46. The normalized spacial score (nSPS) is 19.4. The Morgan fingerprint density at radius 1 is 1.24 bits per heavy atom. The van der Waals surface area contributed by atoms with Gasteiger partial charge in [0.1, 0.15) is 0 Å². The zero-order chi connectivity index (χ0) is 12.5. The second-order valence-electron chi connectivity index (χ2n) is 5.90. The molecule has 1 nitrogen and oxygen atoms in total. The predicted molar refractivity (Wildman–Crippen MR) is 79.0 cm³/mol. The third kappa shape index (κ3) is 3.04. The summed E-state index contributed by atoms with van der Waals surface area (Å²) >= 11 is 3.53. The van der Waals surface area contributed by atoms with E-state index in [9.17, 15) is 0 Å². The largest absolute Gasteiger partial charge is 0.371 e. The van der Waals surface area contributed by atoms with E-state index in [-0.39, 0.29) is 0 Å². The van der Waals surface area contributed by atoms with E-state index in [0.717, 1.165) is 5.33 Å². The SMILES string of the molecule is Cc1cc(N2CCC(C)(C)CC2)ccc1CBr. The van der Waals surface area contributed by atoms with Crippen molar-refractivity contribution in [3.05, 3.63) is 29.3 Å². The molecule has 0 saturated carbocycles. The van der Waals surface area contributed by atoms with Crippen LogP contribution in [0.4, 0.5) is 5.69 Å². The van der Waals surface area contributed by atoms with Crippen LogP contribution < -0.4 is 4.90 Å². The number of piperidine rings is 1. The fraction of sp³-hybridized carbons (Fsp3) is 0.600. The fourth-order valence-corrected chi connectivity index (χ4v) is 3.03. The molecular weight excluding hydrogens is 274 g/mol. The number of halogens is 1. The van der Waals surface area contributed by atoms with Gasteiger partial charge in [-0.15, -0.1) is 0 Å². The first-order valence-electron chi connectivity index (χ1n) is 6.42. The number of nitrogens with zero attached hydrogens (tertiary/aromatic N) is 1. The summed E-state index contributed by atoms with van der Waals surface area (Å²) in [6.07, 6.45) is 2.60. The van der Waals surface area contributed by atoms with Crippen molar-refractivity contribution in [2.45, 2.75) is 38.9 Å². The fourth-order valence-electron chi connectivity index (χ4n) is 2.40. The summed E-state index contributed by atoms with van der Waals surface area (Å²) in [6, 6.07) is 6.84. The lowest BCUT2D eigenvalue weighted by Crippen LogP contribution is -2.37. The van der Waals surface area contributed by atoms with Crippen LogP contribution in [0.15, 0.2) is 18.2 Å². The van der Waals surface area contributed by atoms with Crippen molar-refractivity contribution >= 4 is 21.6 Å². The van der Waals surface area contributed by atoms with Crippen LogP contribution in [-0.2, 0) is 5.33 Å². The third-order valence-corrected chi connectivity index (χ3v) is 4.56. The van der Waals surface area contributed by atoms with E-state index < -0.39 is 0 Å². The highest BCUT2D eigenvalue weighted by molar-refractivity contribution is 9.08. The molecule has 0 bridgehead atoms. The molecule has 0 unspecified atom stereocenters. The van der Waals surface area contributed by atoms with Crippen LogP contribution in [0.25, 0.3) is 0 Å². The molecule has 0 aliphatic carbocycles. The maximum atomic E-state index is 3.53. The van der Waals surface area contributed by atoms with Gasteiger partial charge in [0.15, 0.2) is 0 Å². The standard InChI is InChI=1S/C15H22BrN/c1-12-10-14(5-4-13(12)11-16)17-8-6-15(2,3)7-9-17/h4-5,10H,6-9,11H2,1-3H3. The van der Waals surface area contributed by atoms with Crippen LogP contribution in [0, 0.1) is 12.3 Å². The Morgan fingerprint density at radius 3 is 2.41 bits per heavy atom. The summed E-state index contributed by atoms with van der Waals surface area (Å²) in [5, 5.41) is 0.951. The third-order valence-electron chi connectivity index (χ3n) is 3.95. The summed E-state index contributed by atoms with van der Waals surface area (Å²) in [5.74, 6) is 0. The Hall–Kier alpha value is -0.500. The predicted octanol–water partition coefficient (Wildman–Crippen LogP) is 4.52. The molecule has 2 heteroatoms. The summed E-state index contributed by atoms with van der Waals surface area (Å²) < 4.78 is 0.